The fraction of sp³-hybridized carbons (Fsp3) is 0.0690. The van der Waals surface area contributed by atoms with Gasteiger partial charge in [-0.15, -0.1) is 0 Å². The molecular weight excluding hydrogens is 515 g/mol. The summed E-state index contributed by atoms with van der Waals surface area (Å²) in [6, 6.07) is 18.3. The number of phenolic OH excluding ortho intramolecular Hbond substituents is 2. The third kappa shape index (κ3) is 4.69. The molecule has 0 heterocycles. The van der Waals surface area contributed by atoms with Crippen LogP contribution >= 0.6 is 23.2 Å². The van der Waals surface area contributed by atoms with Crippen LogP contribution in [0, 0.1) is 6.92 Å². The molecular formula is C29H20Cl2O6. The summed E-state index contributed by atoms with van der Waals surface area (Å²) >= 11 is 12.5. The van der Waals surface area contributed by atoms with E-state index in [1.807, 2.05) is 0 Å². The summed E-state index contributed by atoms with van der Waals surface area (Å²) in [5.41, 5.74) is -0.257. The molecule has 0 bridgehead atoms. The van der Waals surface area contributed by atoms with E-state index < -0.39 is 28.8 Å². The molecule has 37 heavy (non-hydrogen) atoms. The number of benzene rings is 4. The second-order valence-corrected chi connectivity index (χ2v) is 8.96. The molecule has 0 aliphatic carbocycles. The van der Waals surface area contributed by atoms with E-state index in [-0.39, 0.29) is 54.7 Å². The molecule has 186 valence electrons. The highest BCUT2D eigenvalue weighted by molar-refractivity contribution is 6.37. The van der Waals surface area contributed by atoms with Crippen LogP contribution < -0.4 is 4.74 Å². The Bertz CT molecular complexity index is 1500. The Morgan fingerprint density at radius 1 is 0.649 bits per heavy atom. The second-order valence-electron chi connectivity index (χ2n) is 8.14. The molecule has 0 radical (unpaired) electrons. The van der Waals surface area contributed by atoms with Gasteiger partial charge in [-0.25, -0.2) is 0 Å². The van der Waals surface area contributed by atoms with Gasteiger partial charge in [-0.1, -0.05) is 65.7 Å². The van der Waals surface area contributed by atoms with Crippen LogP contribution in [0.15, 0.2) is 72.8 Å². The maximum atomic E-state index is 14.0. The number of ether oxygens (including phenoxy) is 1. The maximum Gasteiger partial charge on any atom is 0.201 e. The molecule has 4 aromatic rings. The van der Waals surface area contributed by atoms with Gasteiger partial charge in [0.15, 0.2) is 28.8 Å². The summed E-state index contributed by atoms with van der Waals surface area (Å²) in [7, 11) is 1.30. The monoisotopic (exact) mass is 534 g/mol. The number of hydrogen-bond donors (Lipinski definition) is 2. The molecule has 4 aromatic carbocycles. The summed E-state index contributed by atoms with van der Waals surface area (Å²) in [6.45, 7) is 1.53. The lowest BCUT2D eigenvalue weighted by atomic mass is 9.85. The number of hydrogen-bond acceptors (Lipinski definition) is 6. The topological polar surface area (TPSA) is 101 Å². The third-order valence-electron chi connectivity index (χ3n) is 5.90. The van der Waals surface area contributed by atoms with E-state index >= 15 is 0 Å². The molecule has 0 spiro atoms. The van der Waals surface area contributed by atoms with E-state index in [0.29, 0.717) is 0 Å². The van der Waals surface area contributed by atoms with Crippen molar-refractivity contribution in [3.05, 3.63) is 122 Å². The van der Waals surface area contributed by atoms with Crippen molar-refractivity contribution in [2.75, 3.05) is 7.11 Å². The first-order valence-electron chi connectivity index (χ1n) is 11.0. The first kappa shape index (κ1) is 25.9. The van der Waals surface area contributed by atoms with Gasteiger partial charge in [-0.2, -0.15) is 0 Å². The van der Waals surface area contributed by atoms with Crippen molar-refractivity contribution >= 4 is 40.6 Å². The van der Waals surface area contributed by atoms with Crippen LogP contribution in [0.3, 0.4) is 0 Å². The van der Waals surface area contributed by atoms with Gasteiger partial charge in [-0.3, -0.25) is 14.4 Å². The quantitative estimate of drug-likeness (QED) is 0.209. The number of rotatable bonds is 7. The van der Waals surface area contributed by atoms with Crippen LogP contribution in [0.25, 0.3) is 0 Å². The van der Waals surface area contributed by atoms with Gasteiger partial charge in [0.25, 0.3) is 0 Å². The number of carbonyl (C=O) groups is 3. The lowest BCUT2D eigenvalue weighted by Gasteiger charge is -2.17. The molecule has 2 N–H and O–H groups in total. The Kier molecular flexibility index (Phi) is 7.34. The van der Waals surface area contributed by atoms with Crippen molar-refractivity contribution in [3.8, 4) is 17.2 Å². The smallest absolute Gasteiger partial charge is 0.201 e. The number of aromatic hydroxyl groups is 2. The van der Waals surface area contributed by atoms with E-state index in [2.05, 4.69) is 0 Å². The number of halogens is 2. The van der Waals surface area contributed by atoms with E-state index in [1.54, 1.807) is 24.3 Å². The van der Waals surface area contributed by atoms with Gasteiger partial charge >= 0.3 is 0 Å². The second kappa shape index (κ2) is 10.5. The van der Waals surface area contributed by atoms with Crippen molar-refractivity contribution in [2.24, 2.45) is 0 Å². The van der Waals surface area contributed by atoms with Crippen LogP contribution in [-0.2, 0) is 0 Å². The Labute approximate surface area is 222 Å². The summed E-state index contributed by atoms with van der Waals surface area (Å²) in [6.07, 6.45) is 0. The van der Waals surface area contributed by atoms with Crippen LogP contribution in [0.2, 0.25) is 10.0 Å². The van der Waals surface area contributed by atoms with Gasteiger partial charge < -0.3 is 14.9 Å². The highest BCUT2D eigenvalue weighted by Gasteiger charge is 2.31. The molecule has 0 amide bonds. The van der Waals surface area contributed by atoms with Gasteiger partial charge in [-0.05, 0) is 42.8 Å². The summed E-state index contributed by atoms with van der Waals surface area (Å²) in [4.78, 5) is 41.3. The van der Waals surface area contributed by atoms with Crippen molar-refractivity contribution in [3.63, 3.8) is 0 Å². The van der Waals surface area contributed by atoms with Gasteiger partial charge in [0.05, 0.1) is 22.7 Å². The van der Waals surface area contributed by atoms with Crippen LogP contribution in [0.1, 0.15) is 53.3 Å². The number of aryl methyl sites for hydroxylation is 1. The molecule has 0 saturated carbocycles. The number of carbonyl (C=O) groups excluding carboxylic acids is 3. The van der Waals surface area contributed by atoms with Crippen molar-refractivity contribution in [1.82, 2.24) is 0 Å². The highest BCUT2D eigenvalue weighted by atomic mass is 35.5. The van der Waals surface area contributed by atoms with Crippen molar-refractivity contribution in [2.45, 2.75) is 6.92 Å². The molecule has 0 unspecified atom stereocenters. The van der Waals surface area contributed by atoms with Crippen molar-refractivity contribution in [1.29, 1.82) is 0 Å². The van der Waals surface area contributed by atoms with Crippen LogP contribution in [0.5, 0.6) is 17.2 Å². The molecule has 0 atom stereocenters. The lowest BCUT2D eigenvalue weighted by molar-refractivity contribution is 0.0988. The molecule has 0 aromatic heterocycles. The molecule has 0 aliphatic rings. The van der Waals surface area contributed by atoms with Crippen LogP contribution in [-0.4, -0.2) is 34.7 Å². The molecule has 0 saturated heterocycles. The largest absolute Gasteiger partial charge is 0.504 e. The normalized spacial score (nSPS) is 10.7. The van der Waals surface area contributed by atoms with Gasteiger partial charge in [0.2, 0.25) is 5.75 Å². The number of ketones is 3. The lowest BCUT2D eigenvalue weighted by Crippen LogP contribution is -2.18. The zero-order valence-electron chi connectivity index (χ0n) is 19.7. The average Bonchev–Trinajstić information content (AvgIpc) is 2.90. The van der Waals surface area contributed by atoms with E-state index in [1.165, 1.54) is 62.6 Å². The van der Waals surface area contributed by atoms with Gasteiger partial charge in [0, 0.05) is 27.8 Å². The van der Waals surface area contributed by atoms with Crippen molar-refractivity contribution < 1.29 is 29.3 Å². The first-order chi connectivity index (χ1) is 17.7. The zero-order chi connectivity index (χ0) is 26.9. The summed E-state index contributed by atoms with van der Waals surface area (Å²) < 4.78 is 5.05. The summed E-state index contributed by atoms with van der Waals surface area (Å²) in [5.74, 6) is -3.47. The van der Waals surface area contributed by atoms with E-state index in [4.69, 9.17) is 27.9 Å². The average molecular weight is 535 g/mol. The molecule has 0 fully saturated rings. The van der Waals surface area contributed by atoms with E-state index in [0.717, 1.165) is 0 Å². The third-order valence-corrected chi connectivity index (χ3v) is 6.56. The minimum absolute atomic E-state index is 0.0423. The highest BCUT2D eigenvalue weighted by Crippen LogP contribution is 2.42. The minimum Gasteiger partial charge on any atom is -0.504 e. The fourth-order valence-corrected chi connectivity index (χ4v) is 4.53. The summed E-state index contributed by atoms with van der Waals surface area (Å²) in [5, 5.41) is 21.5. The Morgan fingerprint density at radius 3 is 1.57 bits per heavy atom. The SMILES string of the molecule is COc1cc(C)c(C(=O)c2c(C(=O)c3ccccc3Cl)cccc2C(=O)c2ccccc2Cl)c(O)c1O. The number of phenols is 2. The number of methoxy groups -OCH3 is 1. The van der Waals surface area contributed by atoms with E-state index in [9.17, 15) is 24.6 Å². The minimum atomic E-state index is -0.848. The van der Waals surface area contributed by atoms with Gasteiger partial charge in [0.1, 0.15) is 0 Å². The Morgan fingerprint density at radius 2 is 1.11 bits per heavy atom. The predicted molar refractivity (Wildman–Crippen MR) is 141 cm³/mol. The Balaban J connectivity index is 2.02. The Hall–Kier alpha value is -4.13. The molecule has 4 rings (SSSR count). The standard InChI is InChI=1S/C29H20Cl2O6/c1-15-14-22(37-2)27(34)29(36)23(15)28(35)24-18(25(32)16-8-3-5-12-20(16)30)10-7-11-19(24)26(33)17-9-4-6-13-21(17)31/h3-14,34,36H,1-2H3. The molecule has 8 heteroatoms. The first-order valence-corrected chi connectivity index (χ1v) is 11.8. The molecule has 6 nitrogen and oxygen atoms in total. The zero-order valence-corrected chi connectivity index (χ0v) is 21.2. The van der Waals surface area contributed by atoms with Crippen LogP contribution in [0.4, 0.5) is 0 Å². The molecule has 0 aliphatic heterocycles. The maximum absolute atomic E-state index is 14.0. The predicted octanol–water partition coefficient (Wildman–Crippen LogP) is 6.41. The fourth-order valence-electron chi connectivity index (χ4n) is 4.08.